The molecule has 0 aliphatic carbocycles. The molecular weight excluding hydrogens is 329 g/mol. The van der Waals surface area contributed by atoms with Gasteiger partial charge in [0.2, 0.25) is 0 Å². The third-order valence-corrected chi connectivity index (χ3v) is 5.05. The second-order valence-electron chi connectivity index (χ2n) is 3.65. The predicted molar refractivity (Wildman–Crippen MR) is 73.5 cm³/mol. The number of benzene rings is 1. The van der Waals surface area contributed by atoms with Gasteiger partial charge in [-0.15, -0.1) is 11.3 Å². The van der Waals surface area contributed by atoms with Gasteiger partial charge in [0.25, 0.3) is 10.0 Å². The lowest BCUT2D eigenvalue weighted by Gasteiger charge is -2.09. The minimum Gasteiger partial charge on any atom is -0.477 e. The molecule has 1 heterocycles. The summed E-state index contributed by atoms with van der Waals surface area (Å²) in [5.74, 6) is -2.03. The van der Waals surface area contributed by atoms with Crippen LogP contribution in [0.25, 0.3) is 0 Å². The number of sulfonamides is 1. The Kier molecular flexibility index (Phi) is 3.98. The number of carboxylic acid groups (broad SMARTS) is 1. The van der Waals surface area contributed by atoms with Crippen LogP contribution in [0.5, 0.6) is 0 Å². The van der Waals surface area contributed by atoms with Crippen LogP contribution < -0.4 is 4.72 Å². The highest BCUT2D eigenvalue weighted by molar-refractivity contribution is 7.93. The summed E-state index contributed by atoms with van der Waals surface area (Å²) in [5.41, 5.74) is -0.158. The van der Waals surface area contributed by atoms with E-state index in [1.54, 1.807) is 0 Å². The molecule has 0 saturated carbocycles. The zero-order valence-electron chi connectivity index (χ0n) is 9.63. The van der Waals surface area contributed by atoms with E-state index in [2.05, 4.69) is 4.72 Å². The van der Waals surface area contributed by atoms with E-state index >= 15 is 0 Å². The van der Waals surface area contributed by atoms with Crippen LogP contribution in [0.4, 0.5) is 10.1 Å². The maximum atomic E-state index is 13.1. The van der Waals surface area contributed by atoms with Gasteiger partial charge in [-0.05, 0) is 29.6 Å². The average Bonchev–Trinajstić information content (AvgIpc) is 2.83. The maximum absolute atomic E-state index is 13.1. The molecule has 0 bridgehead atoms. The summed E-state index contributed by atoms with van der Waals surface area (Å²) in [6.45, 7) is 0. The van der Waals surface area contributed by atoms with Gasteiger partial charge >= 0.3 is 5.97 Å². The van der Waals surface area contributed by atoms with Gasteiger partial charge in [-0.3, -0.25) is 4.72 Å². The first-order valence-corrected chi connectivity index (χ1v) is 7.84. The summed E-state index contributed by atoms with van der Waals surface area (Å²) in [4.78, 5) is 10.2. The van der Waals surface area contributed by atoms with E-state index in [-0.39, 0.29) is 15.6 Å². The van der Waals surface area contributed by atoms with Gasteiger partial charge in [0.1, 0.15) is 15.6 Å². The molecule has 2 rings (SSSR count). The highest BCUT2D eigenvalue weighted by Crippen LogP contribution is 2.28. The number of anilines is 1. The van der Waals surface area contributed by atoms with Crippen molar-refractivity contribution in [2.75, 3.05) is 4.72 Å². The van der Waals surface area contributed by atoms with Crippen molar-refractivity contribution in [2.45, 2.75) is 4.90 Å². The monoisotopic (exact) mass is 335 g/mol. The zero-order valence-corrected chi connectivity index (χ0v) is 12.0. The molecule has 106 valence electrons. The van der Waals surface area contributed by atoms with E-state index in [0.717, 1.165) is 29.5 Å². The third-order valence-electron chi connectivity index (χ3n) is 2.29. The molecule has 0 aliphatic rings. The molecule has 1 aromatic heterocycles. The summed E-state index contributed by atoms with van der Waals surface area (Å²) in [5, 5.41) is 10.3. The molecule has 1 aromatic carbocycles. The number of aromatic carboxylic acids is 1. The first-order valence-electron chi connectivity index (χ1n) is 5.10. The van der Waals surface area contributed by atoms with Gasteiger partial charge in [0, 0.05) is 0 Å². The highest BCUT2D eigenvalue weighted by atomic mass is 35.5. The number of hydrogen-bond donors (Lipinski definition) is 2. The minimum atomic E-state index is -4.16. The molecule has 2 aromatic rings. The number of thiophene rings is 1. The van der Waals surface area contributed by atoms with Crippen LogP contribution >= 0.6 is 22.9 Å². The van der Waals surface area contributed by atoms with E-state index in [4.69, 9.17) is 16.7 Å². The fourth-order valence-corrected chi connectivity index (χ4v) is 3.99. The molecule has 0 amide bonds. The van der Waals surface area contributed by atoms with Gasteiger partial charge in [-0.1, -0.05) is 11.6 Å². The van der Waals surface area contributed by atoms with Gasteiger partial charge in [-0.25, -0.2) is 17.6 Å². The van der Waals surface area contributed by atoms with Crippen LogP contribution in [0.3, 0.4) is 0 Å². The first-order chi connectivity index (χ1) is 9.31. The molecule has 0 spiro atoms. The van der Waals surface area contributed by atoms with Gasteiger partial charge in [0.15, 0.2) is 0 Å². The number of carbonyl (C=O) groups is 1. The number of nitrogens with one attached hydrogen (secondary N) is 1. The van der Waals surface area contributed by atoms with Gasteiger partial charge in [-0.2, -0.15) is 0 Å². The Hall–Kier alpha value is -1.64. The van der Waals surface area contributed by atoms with Crippen molar-refractivity contribution in [1.29, 1.82) is 0 Å². The molecule has 0 atom stereocenters. The van der Waals surface area contributed by atoms with Crippen molar-refractivity contribution in [3.63, 3.8) is 0 Å². The van der Waals surface area contributed by atoms with Crippen molar-refractivity contribution in [3.8, 4) is 0 Å². The highest BCUT2D eigenvalue weighted by Gasteiger charge is 2.24. The van der Waals surface area contributed by atoms with Crippen molar-refractivity contribution in [1.82, 2.24) is 0 Å². The predicted octanol–water partition coefficient (Wildman–Crippen LogP) is 3.04. The van der Waals surface area contributed by atoms with E-state index in [1.807, 2.05) is 0 Å². The van der Waals surface area contributed by atoms with Crippen LogP contribution in [0.15, 0.2) is 34.5 Å². The lowest BCUT2D eigenvalue weighted by Crippen LogP contribution is -2.15. The van der Waals surface area contributed by atoms with E-state index in [0.29, 0.717) is 0 Å². The summed E-state index contributed by atoms with van der Waals surface area (Å²) < 4.78 is 39.4. The number of halogens is 2. The van der Waals surface area contributed by atoms with Gasteiger partial charge in [0.05, 0.1) is 10.7 Å². The quantitative estimate of drug-likeness (QED) is 0.899. The molecule has 9 heteroatoms. The molecule has 0 saturated heterocycles. The Balaban J connectivity index is 2.44. The Labute approximate surface area is 122 Å². The minimum absolute atomic E-state index is 0.00193. The Morgan fingerprint density at radius 1 is 1.35 bits per heavy atom. The van der Waals surface area contributed by atoms with Crippen LogP contribution in [-0.2, 0) is 10.0 Å². The molecular formula is C11H7ClFNO4S2. The van der Waals surface area contributed by atoms with Crippen LogP contribution in [-0.4, -0.2) is 19.5 Å². The maximum Gasteiger partial charge on any atom is 0.347 e. The Morgan fingerprint density at radius 2 is 2.05 bits per heavy atom. The zero-order chi connectivity index (χ0) is 14.9. The normalized spacial score (nSPS) is 11.3. The SMILES string of the molecule is O=C(O)c1sccc1S(=O)(=O)Nc1cc(F)ccc1Cl. The van der Waals surface area contributed by atoms with Crippen molar-refractivity contribution < 1.29 is 22.7 Å². The second-order valence-corrected chi connectivity index (χ2v) is 6.62. The van der Waals surface area contributed by atoms with Crippen LogP contribution in [0.2, 0.25) is 5.02 Å². The summed E-state index contributed by atoms with van der Waals surface area (Å²) in [7, 11) is -4.16. The van der Waals surface area contributed by atoms with E-state index < -0.39 is 26.7 Å². The van der Waals surface area contributed by atoms with E-state index in [9.17, 15) is 17.6 Å². The largest absolute Gasteiger partial charge is 0.477 e. The fraction of sp³-hybridized carbons (Fsp3) is 0. The third kappa shape index (κ3) is 2.92. The number of hydrogen-bond acceptors (Lipinski definition) is 4. The van der Waals surface area contributed by atoms with Crippen molar-refractivity contribution in [2.24, 2.45) is 0 Å². The summed E-state index contributed by atoms with van der Waals surface area (Å²) in [6, 6.07) is 4.34. The van der Waals surface area contributed by atoms with Crippen molar-refractivity contribution >= 4 is 44.6 Å². The average molecular weight is 336 g/mol. The number of rotatable bonds is 4. The molecule has 5 nitrogen and oxygen atoms in total. The van der Waals surface area contributed by atoms with Gasteiger partial charge < -0.3 is 5.11 Å². The molecule has 0 unspecified atom stereocenters. The standard InChI is InChI=1S/C11H7ClFNO4S2/c12-7-2-1-6(13)5-8(7)14-20(17,18)9-3-4-19-10(9)11(15)16/h1-5,14H,(H,15,16). The fourth-order valence-electron chi connectivity index (χ4n) is 1.44. The Bertz CT molecular complexity index is 772. The lowest BCUT2D eigenvalue weighted by molar-refractivity contribution is 0.0698. The molecule has 0 fully saturated rings. The van der Waals surface area contributed by atoms with Crippen LogP contribution in [0, 0.1) is 5.82 Å². The summed E-state index contributed by atoms with van der Waals surface area (Å²) >= 11 is 6.54. The molecule has 0 aliphatic heterocycles. The van der Waals surface area contributed by atoms with Crippen LogP contribution in [0.1, 0.15) is 9.67 Å². The Morgan fingerprint density at radius 3 is 2.70 bits per heavy atom. The van der Waals surface area contributed by atoms with Crippen molar-refractivity contribution in [3.05, 3.63) is 45.4 Å². The molecule has 0 radical (unpaired) electrons. The summed E-state index contributed by atoms with van der Waals surface area (Å²) in [6.07, 6.45) is 0. The lowest BCUT2D eigenvalue weighted by atomic mass is 10.3. The smallest absolute Gasteiger partial charge is 0.347 e. The second kappa shape index (κ2) is 5.39. The number of carboxylic acids is 1. The first kappa shape index (κ1) is 14.8. The molecule has 20 heavy (non-hydrogen) atoms. The molecule has 2 N–H and O–H groups in total. The topological polar surface area (TPSA) is 83.5 Å². The van der Waals surface area contributed by atoms with E-state index in [1.165, 1.54) is 11.4 Å².